The summed E-state index contributed by atoms with van der Waals surface area (Å²) in [6.07, 6.45) is -1.40. The standard InChI is InChI=1S/C21H23NO5/c1-4-19(27-18-11-6-5-7-12-18)21(25)26-15(3)20(24)22-17-10-8-9-16(13-17)14(2)23/h5-13,15,19H,4H2,1-3H3,(H,22,24)/t15-,19+/m0/s1. The summed E-state index contributed by atoms with van der Waals surface area (Å²) in [4.78, 5) is 36.0. The predicted molar refractivity (Wildman–Crippen MR) is 102 cm³/mol. The Morgan fingerprint density at radius 2 is 1.74 bits per heavy atom. The van der Waals surface area contributed by atoms with E-state index >= 15 is 0 Å². The summed E-state index contributed by atoms with van der Waals surface area (Å²) in [6.45, 7) is 4.73. The van der Waals surface area contributed by atoms with Crippen LogP contribution in [0.25, 0.3) is 0 Å². The fourth-order valence-electron chi connectivity index (χ4n) is 2.32. The number of benzene rings is 2. The van der Waals surface area contributed by atoms with Gasteiger partial charge in [-0.25, -0.2) is 4.79 Å². The Labute approximate surface area is 158 Å². The highest BCUT2D eigenvalue weighted by Crippen LogP contribution is 2.15. The number of amides is 1. The van der Waals surface area contributed by atoms with Crippen LogP contribution in [0.15, 0.2) is 54.6 Å². The fraction of sp³-hybridized carbons (Fsp3) is 0.286. The van der Waals surface area contributed by atoms with Crippen LogP contribution in [0.4, 0.5) is 5.69 Å². The Morgan fingerprint density at radius 1 is 1.04 bits per heavy atom. The van der Waals surface area contributed by atoms with Gasteiger partial charge < -0.3 is 14.8 Å². The molecular weight excluding hydrogens is 346 g/mol. The lowest BCUT2D eigenvalue weighted by molar-refractivity contribution is -0.160. The van der Waals surface area contributed by atoms with Gasteiger partial charge in [-0.2, -0.15) is 0 Å². The van der Waals surface area contributed by atoms with Gasteiger partial charge in [-0.1, -0.05) is 37.3 Å². The molecule has 0 heterocycles. The molecule has 2 rings (SSSR count). The molecule has 0 bridgehead atoms. The van der Waals surface area contributed by atoms with Crippen molar-refractivity contribution in [3.8, 4) is 5.75 Å². The van der Waals surface area contributed by atoms with Crippen LogP contribution in [0, 0.1) is 0 Å². The second-order valence-electron chi connectivity index (χ2n) is 6.03. The topological polar surface area (TPSA) is 81.7 Å². The molecule has 0 aliphatic rings. The molecule has 6 heteroatoms. The van der Waals surface area contributed by atoms with Crippen LogP contribution in [0.1, 0.15) is 37.6 Å². The molecule has 2 aromatic carbocycles. The van der Waals surface area contributed by atoms with Gasteiger partial charge in [-0.3, -0.25) is 9.59 Å². The normalized spacial score (nSPS) is 12.6. The zero-order valence-corrected chi connectivity index (χ0v) is 15.6. The van der Waals surface area contributed by atoms with Crippen molar-refractivity contribution >= 4 is 23.3 Å². The van der Waals surface area contributed by atoms with E-state index in [2.05, 4.69) is 5.32 Å². The number of ether oxygens (including phenoxy) is 2. The van der Waals surface area contributed by atoms with Gasteiger partial charge in [0.2, 0.25) is 0 Å². The first-order valence-electron chi connectivity index (χ1n) is 8.74. The molecule has 6 nitrogen and oxygen atoms in total. The lowest BCUT2D eigenvalue weighted by Crippen LogP contribution is -2.36. The highest BCUT2D eigenvalue weighted by molar-refractivity contribution is 5.98. The van der Waals surface area contributed by atoms with Gasteiger partial charge in [0, 0.05) is 11.3 Å². The Balaban J connectivity index is 1.95. The molecule has 0 radical (unpaired) electrons. The summed E-state index contributed by atoms with van der Waals surface area (Å²) in [5.41, 5.74) is 0.947. The number of hydrogen-bond acceptors (Lipinski definition) is 5. The van der Waals surface area contributed by atoms with E-state index in [1.54, 1.807) is 55.5 Å². The monoisotopic (exact) mass is 369 g/mol. The third-order valence-electron chi connectivity index (χ3n) is 3.85. The summed E-state index contributed by atoms with van der Waals surface area (Å²) in [5.74, 6) is -0.644. The molecule has 2 aromatic rings. The average molecular weight is 369 g/mol. The van der Waals surface area contributed by atoms with Crippen LogP contribution in [0.3, 0.4) is 0 Å². The van der Waals surface area contributed by atoms with Crippen molar-refractivity contribution < 1.29 is 23.9 Å². The molecule has 142 valence electrons. The molecule has 2 atom stereocenters. The van der Waals surface area contributed by atoms with Crippen molar-refractivity contribution in [2.75, 3.05) is 5.32 Å². The summed E-state index contributed by atoms with van der Waals surface area (Å²) in [7, 11) is 0. The Kier molecular flexibility index (Phi) is 7.11. The average Bonchev–Trinajstić information content (AvgIpc) is 2.66. The van der Waals surface area contributed by atoms with E-state index in [0.717, 1.165) is 0 Å². The molecule has 0 spiro atoms. The first-order valence-corrected chi connectivity index (χ1v) is 8.74. The second kappa shape index (κ2) is 9.52. The largest absolute Gasteiger partial charge is 0.479 e. The minimum atomic E-state index is -1.01. The van der Waals surface area contributed by atoms with Gasteiger partial charge in [0.1, 0.15) is 5.75 Å². The minimum Gasteiger partial charge on any atom is -0.479 e. The Morgan fingerprint density at radius 3 is 2.37 bits per heavy atom. The van der Waals surface area contributed by atoms with Crippen LogP contribution in [0.5, 0.6) is 5.75 Å². The lowest BCUT2D eigenvalue weighted by Gasteiger charge is -2.19. The van der Waals surface area contributed by atoms with E-state index < -0.39 is 24.1 Å². The Hall–Kier alpha value is -3.15. The lowest BCUT2D eigenvalue weighted by atomic mass is 10.1. The van der Waals surface area contributed by atoms with Crippen molar-refractivity contribution in [1.29, 1.82) is 0 Å². The van der Waals surface area contributed by atoms with Crippen LogP contribution < -0.4 is 10.1 Å². The van der Waals surface area contributed by atoms with E-state index in [-0.39, 0.29) is 5.78 Å². The maximum absolute atomic E-state index is 12.3. The quantitative estimate of drug-likeness (QED) is 0.568. The number of nitrogens with one attached hydrogen (secondary N) is 1. The van der Waals surface area contributed by atoms with Gasteiger partial charge in [-0.15, -0.1) is 0 Å². The van der Waals surface area contributed by atoms with Gasteiger partial charge in [0.25, 0.3) is 5.91 Å². The SMILES string of the molecule is CC[C@@H](Oc1ccccc1)C(=O)O[C@@H](C)C(=O)Nc1cccc(C(C)=O)c1. The van der Waals surface area contributed by atoms with Crippen molar-refractivity contribution in [2.45, 2.75) is 39.4 Å². The number of rotatable bonds is 8. The first-order chi connectivity index (χ1) is 12.9. The van der Waals surface area contributed by atoms with E-state index in [4.69, 9.17) is 9.47 Å². The third kappa shape index (κ3) is 5.95. The highest BCUT2D eigenvalue weighted by Gasteiger charge is 2.25. The molecule has 1 amide bonds. The van der Waals surface area contributed by atoms with Crippen LogP contribution in [-0.4, -0.2) is 29.9 Å². The van der Waals surface area contributed by atoms with E-state index in [1.807, 2.05) is 6.07 Å². The molecule has 0 aliphatic heterocycles. The number of carbonyl (C=O) groups is 3. The molecule has 0 unspecified atom stereocenters. The van der Waals surface area contributed by atoms with Gasteiger partial charge in [-0.05, 0) is 44.5 Å². The number of ketones is 1. The number of hydrogen-bond donors (Lipinski definition) is 1. The van der Waals surface area contributed by atoms with Gasteiger partial charge in [0.05, 0.1) is 0 Å². The first kappa shape index (κ1) is 20.2. The second-order valence-corrected chi connectivity index (χ2v) is 6.03. The van der Waals surface area contributed by atoms with Crippen LogP contribution in [0.2, 0.25) is 0 Å². The van der Waals surface area contributed by atoms with Crippen molar-refractivity contribution in [2.24, 2.45) is 0 Å². The summed E-state index contributed by atoms with van der Waals surface area (Å²) < 4.78 is 10.9. The molecular formula is C21H23NO5. The van der Waals surface area contributed by atoms with Gasteiger partial charge in [0.15, 0.2) is 18.0 Å². The zero-order chi connectivity index (χ0) is 19.8. The van der Waals surface area contributed by atoms with Crippen LogP contribution >= 0.6 is 0 Å². The summed E-state index contributed by atoms with van der Waals surface area (Å²) in [6, 6.07) is 15.5. The third-order valence-corrected chi connectivity index (χ3v) is 3.85. The van der Waals surface area contributed by atoms with E-state index in [9.17, 15) is 14.4 Å². The summed E-state index contributed by atoms with van der Waals surface area (Å²) >= 11 is 0. The maximum atomic E-state index is 12.3. The number of para-hydroxylation sites is 1. The maximum Gasteiger partial charge on any atom is 0.348 e. The molecule has 0 aromatic heterocycles. The van der Waals surface area contributed by atoms with E-state index in [0.29, 0.717) is 23.4 Å². The molecule has 27 heavy (non-hydrogen) atoms. The number of esters is 1. The Bertz CT molecular complexity index is 803. The van der Waals surface area contributed by atoms with Crippen molar-refractivity contribution in [1.82, 2.24) is 0 Å². The summed E-state index contributed by atoms with van der Waals surface area (Å²) in [5, 5.41) is 2.64. The minimum absolute atomic E-state index is 0.102. The molecule has 0 aliphatic carbocycles. The van der Waals surface area contributed by atoms with Gasteiger partial charge >= 0.3 is 5.97 Å². The number of Topliss-reactive ketones (excluding diaryl/α,β-unsaturated/α-hetero) is 1. The van der Waals surface area contributed by atoms with Crippen LogP contribution in [-0.2, 0) is 14.3 Å². The fourth-order valence-corrected chi connectivity index (χ4v) is 2.32. The van der Waals surface area contributed by atoms with Crippen molar-refractivity contribution in [3.63, 3.8) is 0 Å². The smallest absolute Gasteiger partial charge is 0.348 e. The number of anilines is 1. The predicted octanol–water partition coefficient (Wildman–Crippen LogP) is 3.62. The molecule has 0 saturated carbocycles. The number of carbonyl (C=O) groups excluding carboxylic acids is 3. The van der Waals surface area contributed by atoms with E-state index in [1.165, 1.54) is 13.8 Å². The zero-order valence-electron chi connectivity index (χ0n) is 15.6. The molecule has 0 fully saturated rings. The van der Waals surface area contributed by atoms with Crippen molar-refractivity contribution in [3.05, 3.63) is 60.2 Å². The molecule has 0 saturated heterocycles. The highest BCUT2D eigenvalue weighted by atomic mass is 16.6. The molecule has 1 N–H and O–H groups in total.